The third kappa shape index (κ3) is 2.71. The number of nitrogens with two attached hydrogens (primary N) is 1. The second kappa shape index (κ2) is 5.50. The fraction of sp³-hybridized carbons (Fsp3) is 0.0588. The van der Waals surface area contributed by atoms with E-state index in [9.17, 15) is 0 Å². The maximum absolute atomic E-state index is 5.81. The highest BCUT2D eigenvalue weighted by atomic mass is 32.1. The molecule has 3 nitrogen and oxygen atoms in total. The van der Waals surface area contributed by atoms with E-state index in [1.54, 1.807) is 6.20 Å². The Labute approximate surface area is 128 Å². The number of thiocarbonyl (C=S) groups is 1. The lowest BCUT2D eigenvalue weighted by molar-refractivity contribution is 1.36. The summed E-state index contributed by atoms with van der Waals surface area (Å²) in [5.74, 6) is 0. The minimum Gasteiger partial charge on any atom is -0.389 e. The first-order valence-corrected chi connectivity index (χ1v) is 7.06. The van der Waals surface area contributed by atoms with Gasteiger partial charge in [-0.2, -0.15) is 0 Å². The number of anilines is 2. The number of aryl methyl sites for hydroxylation is 1. The average molecular weight is 293 g/mol. The molecule has 0 fully saturated rings. The van der Waals surface area contributed by atoms with Crippen LogP contribution in [0.15, 0.2) is 54.9 Å². The van der Waals surface area contributed by atoms with E-state index in [0.29, 0.717) is 4.99 Å². The van der Waals surface area contributed by atoms with Crippen molar-refractivity contribution >= 4 is 39.4 Å². The van der Waals surface area contributed by atoms with Crippen LogP contribution in [0, 0.1) is 6.92 Å². The standard InChI is InChI=1S/C17H15N3S/c1-11-5-6-14(17(18)21)16(9-11)20-15-4-2-3-12-10-19-8-7-13(12)15/h2-10,20H,1H3,(H2,18,21). The minimum atomic E-state index is 0.388. The van der Waals surface area contributed by atoms with E-state index < -0.39 is 0 Å². The zero-order valence-electron chi connectivity index (χ0n) is 11.6. The molecule has 0 aliphatic carbocycles. The summed E-state index contributed by atoms with van der Waals surface area (Å²) < 4.78 is 0. The van der Waals surface area contributed by atoms with Gasteiger partial charge in [0.2, 0.25) is 0 Å². The molecule has 1 heterocycles. The Morgan fingerprint density at radius 2 is 2.00 bits per heavy atom. The van der Waals surface area contributed by atoms with E-state index in [1.165, 1.54) is 0 Å². The molecular weight excluding hydrogens is 278 g/mol. The van der Waals surface area contributed by atoms with Crippen molar-refractivity contribution in [2.24, 2.45) is 5.73 Å². The van der Waals surface area contributed by atoms with Crippen molar-refractivity contribution in [2.45, 2.75) is 6.92 Å². The molecule has 0 aliphatic heterocycles. The summed E-state index contributed by atoms with van der Waals surface area (Å²) in [7, 11) is 0. The van der Waals surface area contributed by atoms with Crippen LogP contribution in [0.25, 0.3) is 10.8 Å². The molecule has 0 atom stereocenters. The highest BCUT2D eigenvalue weighted by molar-refractivity contribution is 7.80. The molecule has 0 bridgehead atoms. The van der Waals surface area contributed by atoms with Gasteiger partial charge in [0.05, 0.1) is 0 Å². The summed E-state index contributed by atoms with van der Waals surface area (Å²) in [5, 5.41) is 5.65. The zero-order valence-corrected chi connectivity index (χ0v) is 12.4. The molecule has 0 amide bonds. The van der Waals surface area contributed by atoms with Crippen LogP contribution in [-0.2, 0) is 0 Å². The van der Waals surface area contributed by atoms with Gasteiger partial charge in [-0.15, -0.1) is 0 Å². The Morgan fingerprint density at radius 1 is 1.14 bits per heavy atom. The first-order valence-electron chi connectivity index (χ1n) is 6.65. The molecule has 0 spiro atoms. The van der Waals surface area contributed by atoms with E-state index in [1.807, 2.05) is 49.5 Å². The van der Waals surface area contributed by atoms with Gasteiger partial charge < -0.3 is 11.1 Å². The van der Waals surface area contributed by atoms with Gasteiger partial charge in [-0.05, 0) is 36.8 Å². The first kappa shape index (κ1) is 13.5. The molecule has 0 saturated carbocycles. The van der Waals surface area contributed by atoms with Gasteiger partial charge in [0.1, 0.15) is 4.99 Å². The number of rotatable bonds is 3. The molecule has 104 valence electrons. The summed E-state index contributed by atoms with van der Waals surface area (Å²) >= 11 is 5.13. The van der Waals surface area contributed by atoms with Crippen molar-refractivity contribution in [1.82, 2.24) is 4.98 Å². The highest BCUT2D eigenvalue weighted by Crippen LogP contribution is 2.28. The summed E-state index contributed by atoms with van der Waals surface area (Å²) in [4.78, 5) is 4.54. The first-order chi connectivity index (χ1) is 10.1. The van der Waals surface area contributed by atoms with Crippen molar-refractivity contribution in [1.29, 1.82) is 0 Å². The highest BCUT2D eigenvalue weighted by Gasteiger charge is 2.07. The summed E-state index contributed by atoms with van der Waals surface area (Å²) in [6, 6.07) is 14.1. The summed E-state index contributed by atoms with van der Waals surface area (Å²) in [5.41, 5.74) is 9.75. The smallest absolute Gasteiger partial charge is 0.106 e. The second-order valence-corrected chi connectivity index (χ2v) is 5.38. The Bertz CT molecular complexity index is 822. The van der Waals surface area contributed by atoms with Gasteiger partial charge in [-0.3, -0.25) is 4.98 Å². The van der Waals surface area contributed by atoms with Crippen LogP contribution in [-0.4, -0.2) is 9.97 Å². The lowest BCUT2D eigenvalue weighted by Gasteiger charge is -2.14. The molecular formula is C17H15N3S. The zero-order chi connectivity index (χ0) is 14.8. The number of fused-ring (bicyclic) bond motifs is 1. The summed E-state index contributed by atoms with van der Waals surface area (Å²) in [6.45, 7) is 2.04. The number of hydrogen-bond acceptors (Lipinski definition) is 3. The Balaban J connectivity index is 2.11. The molecule has 1 aromatic heterocycles. The lowest BCUT2D eigenvalue weighted by Crippen LogP contribution is -2.12. The van der Waals surface area contributed by atoms with Gasteiger partial charge in [-0.1, -0.05) is 30.4 Å². The van der Waals surface area contributed by atoms with Gasteiger partial charge in [0.15, 0.2) is 0 Å². The predicted octanol–water partition coefficient (Wildman–Crippen LogP) is 3.92. The SMILES string of the molecule is Cc1ccc(C(N)=S)c(Nc2cccc3cnccc23)c1. The number of benzene rings is 2. The van der Waals surface area contributed by atoms with Crippen molar-refractivity contribution in [2.75, 3.05) is 5.32 Å². The van der Waals surface area contributed by atoms with Crippen LogP contribution in [0.4, 0.5) is 11.4 Å². The third-order valence-corrected chi connectivity index (χ3v) is 3.61. The molecule has 0 saturated heterocycles. The van der Waals surface area contributed by atoms with Gasteiger partial charge >= 0.3 is 0 Å². The Kier molecular flexibility index (Phi) is 3.54. The van der Waals surface area contributed by atoms with Crippen LogP contribution in [0.1, 0.15) is 11.1 Å². The second-order valence-electron chi connectivity index (χ2n) is 4.94. The molecule has 0 radical (unpaired) electrons. The molecule has 3 rings (SSSR count). The summed E-state index contributed by atoms with van der Waals surface area (Å²) in [6.07, 6.45) is 3.64. The van der Waals surface area contributed by atoms with E-state index in [2.05, 4.69) is 16.4 Å². The normalized spacial score (nSPS) is 10.5. The van der Waals surface area contributed by atoms with E-state index in [0.717, 1.165) is 33.3 Å². The predicted molar refractivity (Wildman–Crippen MR) is 92.1 cm³/mol. The van der Waals surface area contributed by atoms with Crippen LogP contribution in [0.5, 0.6) is 0 Å². The quantitative estimate of drug-likeness (QED) is 0.719. The molecule has 3 N–H and O–H groups in total. The van der Waals surface area contributed by atoms with Crippen LogP contribution in [0.2, 0.25) is 0 Å². The van der Waals surface area contributed by atoms with Gasteiger partial charge in [0, 0.05) is 40.1 Å². The Morgan fingerprint density at radius 3 is 2.81 bits per heavy atom. The van der Waals surface area contributed by atoms with E-state index in [-0.39, 0.29) is 0 Å². The number of nitrogens with zero attached hydrogens (tertiary/aromatic N) is 1. The average Bonchev–Trinajstić information content (AvgIpc) is 2.47. The van der Waals surface area contributed by atoms with Crippen molar-refractivity contribution in [3.63, 3.8) is 0 Å². The number of pyridine rings is 1. The molecule has 0 unspecified atom stereocenters. The van der Waals surface area contributed by atoms with Gasteiger partial charge in [-0.25, -0.2) is 0 Å². The fourth-order valence-electron chi connectivity index (χ4n) is 2.35. The number of nitrogens with one attached hydrogen (secondary N) is 1. The van der Waals surface area contributed by atoms with Crippen LogP contribution >= 0.6 is 12.2 Å². The van der Waals surface area contributed by atoms with Crippen molar-refractivity contribution in [3.8, 4) is 0 Å². The topological polar surface area (TPSA) is 50.9 Å². The molecule has 0 aliphatic rings. The maximum Gasteiger partial charge on any atom is 0.106 e. The molecule has 21 heavy (non-hydrogen) atoms. The minimum absolute atomic E-state index is 0.388. The maximum atomic E-state index is 5.81. The van der Waals surface area contributed by atoms with Crippen molar-refractivity contribution < 1.29 is 0 Å². The van der Waals surface area contributed by atoms with E-state index >= 15 is 0 Å². The fourth-order valence-corrected chi connectivity index (χ4v) is 2.53. The molecule has 3 aromatic rings. The van der Waals surface area contributed by atoms with Gasteiger partial charge in [0.25, 0.3) is 0 Å². The van der Waals surface area contributed by atoms with E-state index in [4.69, 9.17) is 18.0 Å². The largest absolute Gasteiger partial charge is 0.389 e. The lowest BCUT2D eigenvalue weighted by atomic mass is 10.1. The van der Waals surface area contributed by atoms with Crippen LogP contribution in [0.3, 0.4) is 0 Å². The van der Waals surface area contributed by atoms with Crippen LogP contribution < -0.4 is 11.1 Å². The monoisotopic (exact) mass is 293 g/mol. The van der Waals surface area contributed by atoms with Crippen molar-refractivity contribution in [3.05, 3.63) is 66.0 Å². The third-order valence-electron chi connectivity index (χ3n) is 3.39. The molecule has 2 aromatic carbocycles. The Hall–Kier alpha value is -2.46. The number of hydrogen-bond donors (Lipinski definition) is 2. The number of aromatic nitrogens is 1. The molecule has 4 heteroatoms.